The van der Waals surface area contributed by atoms with Crippen molar-refractivity contribution in [2.75, 3.05) is 0 Å². The zero-order valence-corrected chi connectivity index (χ0v) is 35.8. The fourth-order valence-corrected chi connectivity index (χ4v) is 16.5. The molecule has 61 heavy (non-hydrogen) atoms. The molecule has 0 saturated carbocycles. The number of thiophene rings is 2. The summed E-state index contributed by atoms with van der Waals surface area (Å²) in [5.74, 6) is 2.80. The van der Waals surface area contributed by atoms with Crippen LogP contribution in [0.1, 0.15) is 22.3 Å². The van der Waals surface area contributed by atoms with Crippen LogP contribution in [0.2, 0.25) is 0 Å². The van der Waals surface area contributed by atoms with Gasteiger partial charge in [0.25, 0.3) is 0 Å². The number of nitrogens with zero attached hydrogens (tertiary/aromatic N) is 3. The lowest BCUT2D eigenvalue weighted by atomic mass is 9.66. The van der Waals surface area contributed by atoms with Crippen LogP contribution in [-0.2, 0) is 18.3 Å². The minimum atomic E-state index is -3.19. The summed E-state index contributed by atoms with van der Waals surface area (Å²) in [5, 5.41) is 14.2. The third-order valence-electron chi connectivity index (χ3n) is 12.8. The Labute approximate surface area is 363 Å². The van der Waals surface area contributed by atoms with Gasteiger partial charge in [0.1, 0.15) is 11.5 Å². The molecule has 1 aliphatic rings. The molecule has 4 aromatic heterocycles. The number of ether oxygens (including phenoxy) is 1. The van der Waals surface area contributed by atoms with E-state index in [0.717, 1.165) is 57.9 Å². The van der Waals surface area contributed by atoms with Crippen molar-refractivity contribution in [1.29, 1.82) is 0 Å². The van der Waals surface area contributed by atoms with Gasteiger partial charge in [-0.2, -0.15) is 22.7 Å². The van der Waals surface area contributed by atoms with Crippen LogP contribution < -0.4 is 25.5 Å². The first-order valence-corrected chi connectivity index (χ1v) is 24.6. The highest BCUT2D eigenvalue weighted by molar-refractivity contribution is 7.20. The Balaban J connectivity index is 1.17. The lowest BCUT2D eigenvalue weighted by molar-refractivity contribution is 0.388. The Bertz CT molecular complexity index is 3280. The molecular formula is C54H39N3OS2Si. The van der Waals surface area contributed by atoms with Crippen molar-refractivity contribution in [3.05, 3.63) is 232 Å². The largest absolute Gasteiger partial charge is 0.457 e. The van der Waals surface area contributed by atoms with Crippen LogP contribution in [0.15, 0.2) is 210 Å². The highest BCUT2D eigenvalue weighted by Crippen LogP contribution is 2.51. The molecule has 0 atom stereocenters. The SMILES string of the molecule is c1ccc([Si](c2ccccc2)(c2cccc(-n3c4ccccc4n4c5ccccc5nc34)c2)c2cccc3c2Oc2ccccc2C3(Cc2ccsc2)Cc2ccsc2)cc1. The van der Waals surface area contributed by atoms with E-state index in [1.165, 1.54) is 43.0 Å². The first-order chi connectivity index (χ1) is 30.2. The maximum Gasteiger partial charge on any atom is 0.220 e. The molecule has 0 N–H and O–H groups in total. The van der Waals surface area contributed by atoms with Crippen molar-refractivity contribution in [2.24, 2.45) is 0 Å². The van der Waals surface area contributed by atoms with Gasteiger partial charge in [-0.3, -0.25) is 8.97 Å². The van der Waals surface area contributed by atoms with Crippen LogP contribution in [0.3, 0.4) is 0 Å². The van der Waals surface area contributed by atoms with Gasteiger partial charge in [-0.15, -0.1) is 0 Å². The highest BCUT2D eigenvalue weighted by atomic mass is 32.1. The summed E-state index contributed by atoms with van der Waals surface area (Å²) in [4.78, 5) is 5.27. The Morgan fingerprint density at radius 2 is 1.11 bits per heavy atom. The number of hydrogen-bond acceptors (Lipinski definition) is 4. The first kappa shape index (κ1) is 36.1. The Hall–Kier alpha value is -6.77. The topological polar surface area (TPSA) is 31.5 Å². The van der Waals surface area contributed by atoms with E-state index >= 15 is 0 Å². The average molecular weight is 838 g/mol. The molecule has 0 bridgehead atoms. The summed E-state index contributed by atoms with van der Waals surface area (Å²) in [6.45, 7) is 0. The van der Waals surface area contributed by atoms with Crippen molar-refractivity contribution in [3.8, 4) is 17.2 Å². The normalized spacial score (nSPS) is 13.3. The molecule has 292 valence electrons. The van der Waals surface area contributed by atoms with Gasteiger partial charge in [-0.1, -0.05) is 133 Å². The predicted molar refractivity (Wildman–Crippen MR) is 256 cm³/mol. The van der Waals surface area contributed by atoms with E-state index in [9.17, 15) is 0 Å². The second-order valence-electron chi connectivity index (χ2n) is 16.1. The van der Waals surface area contributed by atoms with E-state index in [-0.39, 0.29) is 5.41 Å². The van der Waals surface area contributed by atoms with Gasteiger partial charge in [0, 0.05) is 22.2 Å². The van der Waals surface area contributed by atoms with Crippen molar-refractivity contribution < 1.29 is 4.74 Å². The third-order valence-corrected chi connectivity index (χ3v) is 19.0. The molecule has 12 rings (SSSR count). The average Bonchev–Trinajstić information content (AvgIpc) is 4.15. The fraction of sp³-hybridized carbons (Fsp3) is 0.0556. The second-order valence-corrected chi connectivity index (χ2v) is 21.4. The number of para-hydroxylation sites is 6. The van der Waals surface area contributed by atoms with Crippen LogP contribution in [0, 0.1) is 0 Å². The van der Waals surface area contributed by atoms with Gasteiger partial charge in [-0.05, 0) is 121 Å². The van der Waals surface area contributed by atoms with Gasteiger partial charge in [0.15, 0.2) is 8.07 Å². The molecule has 7 heteroatoms. The molecule has 0 aliphatic carbocycles. The smallest absolute Gasteiger partial charge is 0.220 e. The Kier molecular flexibility index (Phi) is 8.56. The lowest BCUT2D eigenvalue weighted by Gasteiger charge is -2.43. The number of rotatable bonds is 9. The minimum Gasteiger partial charge on any atom is -0.457 e. The molecule has 5 heterocycles. The van der Waals surface area contributed by atoms with Gasteiger partial charge < -0.3 is 4.74 Å². The lowest BCUT2D eigenvalue weighted by Crippen LogP contribution is -2.75. The number of fused-ring (bicyclic) bond motifs is 7. The Morgan fingerprint density at radius 1 is 0.525 bits per heavy atom. The van der Waals surface area contributed by atoms with Crippen molar-refractivity contribution >= 4 is 79.3 Å². The van der Waals surface area contributed by atoms with Gasteiger partial charge >= 0.3 is 0 Å². The van der Waals surface area contributed by atoms with E-state index in [4.69, 9.17) is 9.72 Å². The molecule has 0 spiro atoms. The van der Waals surface area contributed by atoms with Crippen LogP contribution in [-0.4, -0.2) is 22.0 Å². The van der Waals surface area contributed by atoms with Crippen molar-refractivity contribution in [2.45, 2.75) is 18.3 Å². The molecule has 1 aliphatic heterocycles. The molecular weight excluding hydrogens is 799 g/mol. The van der Waals surface area contributed by atoms with Crippen LogP contribution in [0.25, 0.3) is 33.5 Å². The summed E-state index contributed by atoms with van der Waals surface area (Å²) >= 11 is 3.54. The molecule has 0 fully saturated rings. The van der Waals surface area contributed by atoms with E-state index in [1.54, 1.807) is 22.7 Å². The monoisotopic (exact) mass is 837 g/mol. The molecule has 0 unspecified atom stereocenters. The van der Waals surface area contributed by atoms with Crippen LogP contribution in [0.5, 0.6) is 11.5 Å². The molecule has 11 aromatic rings. The molecule has 0 radical (unpaired) electrons. The van der Waals surface area contributed by atoms with E-state index in [0.29, 0.717) is 0 Å². The van der Waals surface area contributed by atoms with Crippen molar-refractivity contribution in [3.63, 3.8) is 0 Å². The molecule has 7 aromatic carbocycles. The predicted octanol–water partition coefficient (Wildman–Crippen LogP) is 10.8. The first-order valence-electron chi connectivity index (χ1n) is 20.7. The van der Waals surface area contributed by atoms with Crippen LogP contribution in [0.4, 0.5) is 0 Å². The van der Waals surface area contributed by atoms with Gasteiger partial charge in [0.05, 0.1) is 22.1 Å². The minimum absolute atomic E-state index is 0.379. The second kappa shape index (κ2) is 14.5. The van der Waals surface area contributed by atoms with Gasteiger partial charge in [-0.25, -0.2) is 4.98 Å². The number of aromatic nitrogens is 3. The summed E-state index contributed by atoms with van der Waals surface area (Å²) in [7, 11) is -3.19. The quantitative estimate of drug-likeness (QED) is 0.107. The maximum absolute atomic E-state index is 7.45. The standard InChI is InChI=1S/C54H39N3OS2Si/c1-3-16-41(17-4-1)61(42-18-5-2-6-19-42,43-20-13-15-40(33-43)56-48-25-10-11-26-49(48)57-47-24-9-8-23-46(47)55-53(56)57)51-28-14-22-45-52(51)58-50-27-12-7-21-44(50)54(45,34-38-29-31-59-36-38)35-39-30-32-60-37-39/h1-33,36-37H,34-35H2. The fourth-order valence-electron chi connectivity index (χ4n) is 10.3. The summed E-state index contributed by atoms with van der Waals surface area (Å²) in [6, 6.07) is 69.2. The van der Waals surface area contributed by atoms with Gasteiger partial charge in [0.2, 0.25) is 5.78 Å². The van der Waals surface area contributed by atoms with E-state index in [2.05, 4.69) is 219 Å². The zero-order chi connectivity index (χ0) is 40.4. The number of imidazole rings is 2. The molecule has 0 saturated heterocycles. The highest BCUT2D eigenvalue weighted by Gasteiger charge is 2.49. The summed E-state index contributed by atoms with van der Waals surface area (Å²) in [6.07, 6.45) is 1.72. The van der Waals surface area contributed by atoms with E-state index < -0.39 is 8.07 Å². The molecule has 0 amide bonds. The Morgan fingerprint density at radius 3 is 1.82 bits per heavy atom. The molecule has 4 nitrogen and oxygen atoms in total. The summed E-state index contributed by atoms with van der Waals surface area (Å²) < 4.78 is 12.1. The summed E-state index contributed by atoms with van der Waals surface area (Å²) in [5.41, 5.74) is 10.2. The van der Waals surface area contributed by atoms with E-state index in [1.807, 2.05) is 0 Å². The van der Waals surface area contributed by atoms with Crippen LogP contribution >= 0.6 is 22.7 Å². The maximum atomic E-state index is 7.45. The zero-order valence-electron chi connectivity index (χ0n) is 33.2. The number of benzene rings is 7. The number of hydrogen-bond donors (Lipinski definition) is 0. The third kappa shape index (κ3) is 5.58. The van der Waals surface area contributed by atoms with Crippen molar-refractivity contribution in [1.82, 2.24) is 14.0 Å².